The predicted molar refractivity (Wildman–Crippen MR) is 123 cm³/mol. The summed E-state index contributed by atoms with van der Waals surface area (Å²) in [6.45, 7) is 11.4. The van der Waals surface area contributed by atoms with Crippen molar-refractivity contribution in [1.82, 2.24) is 0 Å². The van der Waals surface area contributed by atoms with Crippen LogP contribution in [-0.4, -0.2) is 24.1 Å². The zero-order valence-corrected chi connectivity index (χ0v) is 19.5. The third kappa shape index (κ3) is 3.88. The van der Waals surface area contributed by atoms with Gasteiger partial charge in [0, 0.05) is 5.41 Å². The van der Waals surface area contributed by atoms with Gasteiger partial charge in [-0.1, -0.05) is 62.4 Å². The lowest BCUT2D eigenvalue weighted by Crippen LogP contribution is -2.49. The monoisotopic (exact) mass is 422 g/mol. The second-order valence-corrected chi connectivity index (χ2v) is 8.85. The Kier molecular flexibility index (Phi) is 6.88. The number of rotatable bonds is 8. The molecule has 3 rings (SSSR count). The maximum Gasteiger partial charge on any atom is 0.310 e. The van der Waals surface area contributed by atoms with E-state index >= 15 is 0 Å². The standard InChI is InChI=1S/C27H34O4/c1-7-21(25(28)30-17(3)4)27(22(8-2)26(29)31-18(5)6)23-15-11-9-13-19(23)20-14-10-12-16-24(20)27/h9-18,21-22H,7-8H2,1-6H3. The second-order valence-electron chi connectivity index (χ2n) is 8.85. The van der Waals surface area contributed by atoms with Crippen molar-refractivity contribution in [2.24, 2.45) is 11.8 Å². The van der Waals surface area contributed by atoms with E-state index in [0.717, 1.165) is 22.3 Å². The van der Waals surface area contributed by atoms with Gasteiger partial charge in [0.25, 0.3) is 0 Å². The van der Waals surface area contributed by atoms with E-state index in [1.807, 2.05) is 65.8 Å². The van der Waals surface area contributed by atoms with Crippen LogP contribution in [0.15, 0.2) is 48.5 Å². The third-order valence-electron chi connectivity index (χ3n) is 6.22. The molecule has 0 fully saturated rings. The number of ether oxygens (including phenoxy) is 2. The lowest BCUT2D eigenvalue weighted by atomic mass is 9.59. The van der Waals surface area contributed by atoms with Crippen LogP contribution in [0.1, 0.15) is 65.5 Å². The normalized spacial score (nSPS) is 15.9. The maximum absolute atomic E-state index is 13.5. The molecule has 0 N–H and O–H groups in total. The molecule has 0 saturated carbocycles. The quantitative estimate of drug-likeness (QED) is 0.496. The summed E-state index contributed by atoms with van der Waals surface area (Å²) in [5.74, 6) is -1.55. The summed E-state index contributed by atoms with van der Waals surface area (Å²) in [6, 6.07) is 16.3. The molecule has 2 atom stereocenters. The van der Waals surface area contributed by atoms with Crippen molar-refractivity contribution in [1.29, 1.82) is 0 Å². The average Bonchev–Trinajstić information content (AvgIpc) is 3.00. The van der Waals surface area contributed by atoms with Gasteiger partial charge < -0.3 is 9.47 Å². The van der Waals surface area contributed by atoms with Gasteiger partial charge in [0.1, 0.15) is 0 Å². The van der Waals surface area contributed by atoms with Gasteiger partial charge in [-0.15, -0.1) is 0 Å². The van der Waals surface area contributed by atoms with E-state index < -0.39 is 17.3 Å². The molecule has 1 aliphatic rings. The summed E-state index contributed by atoms with van der Waals surface area (Å²) < 4.78 is 11.5. The molecule has 0 amide bonds. The van der Waals surface area contributed by atoms with Crippen LogP contribution in [0.4, 0.5) is 0 Å². The first-order valence-corrected chi connectivity index (χ1v) is 11.4. The lowest BCUT2D eigenvalue weighted by Gasteiger charge is -2.43. The molecule has 0 spiro atoms. The van der Waals surface area contributed by atoms with Gasteiger partial charge in [-0.3, -0.25) is 9.59 Å². The minimum atomic E-state index is -0.839. The summed E-state index contributed by atoms with van der Waals surface area (Å²) in [4.78, 5) is 27.0. The molecule has 2 unspecified atom stereocenters. The fraction of sp³-hybridized carbons (Fsp3) is 0.481. The Balaban J connectivity index is 2.35. The van der Waals surface area contributed by atoms with Gasteiger partial charge in [0.15, 0.2) is 0 Å². The van der Waals surface area contributed by atoms with Crippen LogP contribution < -0.4 is 0 Å². The zero-order valence-electron chi connectivity index (χ0n) is 19.5. The van der Waals surface area contributed by atoms with Crippen LogP contribution >= 0.6 is 0 Å². The number of hydrogen-bond acceptors (Lipinski definition) is 4. The number of fused-ring (bicyclic) bond motifs is 3. The number of carbonyl (C=O) groups is 2. The predicted octanol–water partition coefficient (Wildman–Crippen LogP) is 5.91. The molecule has 0 aromatic heterocycles. The molecule has 1 aliphatic carbocycles. The van der Waals surface area contributed by atoms with E-state index in [4.69, 9.17) is 9.47 Å². The third-order valence-corrected chi connectivity index (χ3v) is 6.22. The lowest BCUT2D eigenvalue weighted by molar-refractivity contribution is -0.161. The highest BCUT2D eigenvalue weighted by molar-refractivity contribution is 5.90. The summed E-state index contributed by atoms with van der Waals surface area (Å²) in [5, 5.41) is 0. The summed E-state index contributed by atoms with van der Waals surface area (Å²) in [6.07, 6.45) is 0.653. The van der Waals surface area contributed by atoms with Crippen molar-refractivity contribution in [2.75, 3.05) is 0 Å². The Bertz CT molecular complexity index is 866. The molecule has 4 heteroatoms. The Hall–Kier alpha value is -2.62. The van der Waals surface area contributed by atoms with Gasteiger partial charge >= 0.3 is 11.9 Å². The Labute approximate surface area is 186 Å². The average molecular weight is 423 g/mol. The van der Waals surface area contributed by atoms with E-state index in [1.54, 1.807) is 0 Å². The van der Waals surface area contributed by atoms with Gasteiger partial charge in [-0.25, -0.2) is 0 Å². The van der Waals surface area contributed by atoms with Crippen molar-refractivity contribution in [2.45, 2.75) is 72.0 Å². The highest BCUT2D eigenvalue weighted by atomic mass is 16.5. The Morgan fingerprint density at radius 3 is 1.39 bits per heavy atom. The summed E-state index contributed by atoms with van der Waals surface area (Å²) in [5.41, 5.74) is 3.33. The smallest absolute Gasteiger partial charge is 0.310 e. The topological polar surface area (TPSA) is 52.6 Å². The molecule has 0 saturated heterocycles. The summed E-state index contributed by atoms with van der Waals surface area (Å²) in [7, 11) is 0. The van der Waals surface area contributed by atoms with Crippen LogP contribution in [-0.2, 0) is 24.5 Å². The van der Waals surface area contributed by atoms with Crippen LogP contribution in [0.3, 0.4) is 0 Å². The highest BCUT2D eigenvalue weighted by Gasteiger charge is 2.58. The minimum absolute atomic E-state index is 0.229. The molecular weight excluding hydrogens is 388 g/mol. The molecule has 0 radical (unpaired) electrons. The zero-order chi connectivity index (χ0) is 22.8. The van der Waals surface area contributed by atoms with Crippen LogP contribution in [0.2, 0.25) is 0 Å². The van der Waals surface area contributed by atoms with E-state index in [9.17, 15) is 9.59 Å². The summed E-state index contributed by atoms with van der Waals surface area (Å²) >= 11 is 0. The van der Waals surface area contributed by atoms with Crippen LogP contribution in [0.25, 0.3) is 11.1 Å². The van der Waals surface area contributed by atoms with Crippen molar-refractivity contribution in [3.05, 3.63) is 59.7 Å². The van der Waals surface area contributed by atoms with Crippen molar-refractivity contribution < 1.29 is 19.1 Å². The van der Waals surface area contributed by atoms with Gasteiger partial charge in [-0.05, 0) is 62.8 Å². The first-order chi connectivity index (χ1) is 14.8. The Morgan fingerprint density at radius 1 is 0.710 bits per heavy atom. The van der Waals surface area contributed by atoms with Crippen molar-refractivity contribution >= 4 is 11.9 Å². The van der Waals surface area contributed by atoms with E-state index in [0.29, 0.717) is 12.8 Å². The largest absolute Gasteiger partial charge is 0.463 e. The molecule has 2 aromatic rings. The fourth-order valence-electron chi connectivity index (χ4n) is 5.27. The first-order valence-electron chi connectivity index (χ1n) is 11.4. The van der Waals surface area contributed by atoms with E-state index in [2.05, 4.69) is 24.3 Å². The van der Waals surface area contributed by atoms with Gasteiger partial charge in [-0.2, -0.15) is 0 Å². The number of esters is 2. The Morgan fingerprint density at radius 2 is 1.06 bits per heavy atom. The van der Waals surface area contributed by atoms with Gasteiger partial charge in [0.2, 0.25) is 0 Å². The molecule has 0 aliphatic heterocycles. The minimum Gasteiger partial charge on any atom is -0.463 e. The highest BCUT2D eigenvalue weighted by Crippen LogP contribution is 2.58. The van der Waals surface area contributed by atoms with Crippen LogP contribution in [0, 0.1) is 11.8 Å². The van der Waals surface area contributed by atoms with Gasteiger partial charge in [0.05, 0.1) is 24.0 Å². The fourth-order valence-corrected chi connectivity index (χ4v) is 5.27. The second kappa shape index (κ2) is 9.25. The molecule has 0 heterocycles. The van der Waals surface area contributed by atoms with Crippen molar-refractivity contribution in [3.8, 4) is 11.1 Å². The molecule has 2 aromatic carbocycles. The molecule has 4 nitrogen and oxygen atoms in total. The van der Waals surface area contributed by atoms with Crippen LogP contribution in [0.5, 0.6) is 0 Å². The number of hydrogen-bond donors (Lipinski definition) is 0. The van der Waals surface area contributed by atoms with E-state index in [1.165, 1.54) is 0 Å². The number of benzene rings is 2. The SMILES string of the molecule is CCC(C(=O)OC(C)C)C1(C(CC)C(=O)OC(C)C)c2ccccc2-c2ccccc21. The molecule has 0 bridgehead atoms. The molecular formula is C27H34O4. The molecule has 166 valence electrons. The molecule has 31 heavy (non-hydrogen) atoms. The first kappa shape index (κ1) is 23.1. The van der Waals surface area contributed by atoms with Crippen molar-refractivity contribution in [3.63, 3.8) is 0 Å². The maximum atomic E-state index is 13.5. The number of carbonyl (C=O) groups excluding carboxylic acids is 2. The van der Waals surface area contributed by atoms with E-state index in [-0.39, 0.29) is 24.1 Å².